The third-order valence-electron chi connectivity index (χ3n) is 3.06. The Morgan fingerprint density at radius 3 is 2.35 bits per heavy atom. The molecule has 1 aromatic carbocycles. The second-order valence-electron chi connectivity index (χ2n) is 4.41. The van der Waals surface area contributed by atoms with Gasteiger partial charge in [-0.15, -0.1) is 23.2 Å². The fourth-order valence-electron chi connectivity index (χ4n) is 1.99. The largest absolute Gasteiger partial charge is 0.379 e. The van der Waals surface area contributed by atoms with Crippen molar-refractivity contribution in [2.45, 2.75) is 11.0 Å². The quantitative estimate of drug-likeness (QED) is 0.859. The van der Waals surface area contributed by atoms with Gasteiger partial charge in [0.05, 0.1) is 13.2 Å². The molecule has 1 amide bonds. The van der Waals surface area contributed by atoms with Gasteiger partial charge in [0.25, 0.3) is 5.91 Å². The van der Waals surface area contributed by atoms with Crippen LogP contribution in [0.15, 0.2) is 24.3 Å². The summed E-state index contributed by atoms with van der Waals surface area (Å²) in [4.78, 5) is 13.5. The van der Waals surface area contributed by atoms with Crippen molar-refractivity contribution in [3.63, 3.8) is 0 Å². The second-order valence-corrected chi connectivity index (χ2v) is 6.01. The number of hydrogen-bond acceptors (Lipinski definition) is 3. The maximum atomic E-state index is 12.2. The molecule has 1 fully saturated rings. The van der Waals surface area contributed by atoms with Gasteiger partial charge in [0.1, 0.15) is 11.0 Å². The Morgan fingerprint density at radius 1 is 1.20 bits per heavy atom. The van der Waals surface area contributed by atoms with Crippen LogP contribution in [0.3, 0.4) is 0 Å². The van der Waals surface area contributed by atoms with Gasteiger partial charge in [-0.3, -0.25) is 9.69 Å². The number of rotatable bonds is 4. The highest BCUT2D eigenvalue weighted by Crippen LogP contribution is 2.16. The van der Waals surface area contributed by atoms with Crippen LogP contribution in [0.1, 0.15) is 10.4 Å². The molecule has 1 atom stereocenters. The van der Waals surface area contributed by atoms with Gasteiger partial charge in [-0.1, -0.05) is 11.6 Å². The fraction of sp³-hybridized carbons (Fsp3) is 0.462. The molecule has 4 nitrogen and oxygen atoms in total. The first-order chi connectivity index (χ1) is 9.58. The summed E-state index contributed by atoms with van der Waals surface area (Å²) in [5, 5.41) is 3.43. The smallest absolute Gasteiger partial charge is 0.252 e. The number of ether oxygens (including phenoxy) is 1. The van der Waals surface area contributed by atoms with Gasteiger partial charge >= 0.3 is 0 Å². The van der Waals surface area contributed by atoms with E-state index in [-0.39, 0.29) is 5.91 Å². The standard InChI is InChI=1S/C13H15Cl3N2O2/c14-10-3-1-9(2-4-10)13(19)17-12(11(15)16)18-5-7-20-8-6-18/h1-4,11-12H,5-8H2,(H,17,19). The Hall–Kier alpha value is -0.520. The minimum absolute atomic E-state index is 0.232. The highest BCUT2D eigenvalue weighted by molar-refractivity contribution is 6.44. The van der Waals surface area contributed by atoms with E-state index >= 15 is 0 Å². The lowest BCUT2D eigenvalue weighted by atomic mass is 10.2. The normalized spacial score (nSPS) is 18.0. The molecule has 1 N–H and O–H groups in total. The summed E-state index contributed by atoms with van der Waals surface area (Å²) in [5.41, 5.74) is 0.515. The summed E-state index contributed by atoms with van der Waals surface area (Å²) < 4.78 is 5.28. The number of halogens is 3. The predicted molar refractivity (Wildman–Crippen MR) is 80.6 cm³/mol. The topological polar surface area (TPSA) is 41.6 Å². The van der Waals surface area contributed by atoms with Gasteiger partial charge in [-0.05, 0) is 24.3 Å². The van der Waals surface area contributed by atoms with Gasteiger partial charge in [0, 0.05) is 23.7 Å². The summed E-state index contributed by atoms with van der Waals surface area (Å²) in [6, 6.07) is 6.65. The zero-order chi connectivity index (χ0) is 14.5. The summed E-state index contributed by atoms with van der Waals surface area (Å²) in [6.45, 7) is 2.57. The van der Waals surface area contributed by atoms with Crippen molar-refractivity contribution >= 4 is 40.7 Å². The van der Waals surface area contributed by atoms with E-state index in [4.69, 9.17) is 39.5 Å². The third kappa shape index (κ3) is 4.24. The van der Waals surface area contributed by atoms with Crippen LogP contribution in [0.4, 0.5) is 0 Å². The first-order valence-electron chi connectivity index (χ1n) is 6.24. The Morgan fingerprint density at radius 2 is 1.80 bits per heavy atom. The van der Waals surface area contributed by atoms with Gasteiger partial charge in [-0.2, -0.15) is 0 Å². The Labute approximate surface area is 132 Å². The number of amides is 1. The predicted octanol–water partition coefficient (Wildman–Crippen LogP) is 2.53. The molecule has 0 aromatic heterocycles. The van der Waals surface area contributed by atoms with Crippen LogP contribution in [0.5, 0.6) is 0 Å². The van der Waals surface area contributed by atoms with Crippen molar-refractivity contribution in [3.8, 4) is 0 Å². The zero-order valence-corrected chi connectivity index (χ0v) is 13.0. The number of hydrogen-bond donors (Lipinski definition) is 1. The lowest BCUT2D eigenvalue weighted by molar-refractivity contribution is 0.0121. The Bertz CT molecular complexity index is 447. The van der Waals surface area contributed by atoms with E-state index in [2.05, 4.69) is 5.32 Å². The first-order valence-corrected chi connectivity index (χ1v) is 7.49. The van der Waals surface area contributed by atoms with Gasteiger partial charge in [0.2, 0.25) is 0 Å². The van der Waals surface area contributed by atoms with Gasteiger partial charge < -0.3 is 10.1 Å². The summed E-state index contributed by atoms with van der Waals surface area (Å²) in [5.74, 6) is -0.232. The van der Waals surface area contributed by atoms with Crippen LogP contribution >= 0.6 is 34.8 Å². The van der Waals surface area contributed by atoms with E-state index in [1.807, 2.05) is 4.90 Å². The molecule has 1 heterocycles. The van der Waals surface area contributed by atoms with Crippen LogP contribution in [-0.4, -0.2) is 48.1 Å². The molecule has 0 saturated carbocycles. The van der Waals surface area contributed by atoms with Crippen molar-refractivity contribution in [2.75, 3.05) is 26.3 Å². The molecule has 0 aliphatic carbocycles. The number of alkyl halides is 2. The van der Waals surface area contributed by atoms with Crippen molar-refractivity contribution in [2.24, 2.45) is 0 Å². The summed E-state index contributed by atoms with van der Waals surface area (Å²) in [7, 11) is 0. The number of carbonyl (C=O) groups excluding carboxylic acids is 1. The van der Waals surface area contributed by atoms with Crippen molar-refractivity contribution in [1.29, 1.82) is 0 Å². The number of morpholine rings is 1. The van der Waals surface area contributed by atoms with E-state index < -0.39 is 11.0 Å². The SMILES string of the molecule is O=C(NC(C(Cl)Cl)N1CCOCC1)c1ccc(Cl)cc1. The van der Waals surface area contributed by atoms with Crippen LogP contribution in [0.25, 0.3) is 0 Å². The average molecular weight is 338 g/mol. The van der Waals surface area contributed by atoms with Crippen LogP contribution < -0.4 is 5.32 Å². The van der Waals surface area contributed by atoms with Crippen LogP contribution in [0.2, 0.25) is 5.02 Å². The zero-order valence-electron chi connectivity index (χ0n) is 10.7. The molecule has 0 spiro atoms. The third-order valence-corrected chi connectivity index (χ3v) is 3.79. The minimum Gasteiger partial charge on any atom is -0.379 e. The minimum atomic E-state index is -0.718. The molecule has 0 radical (unpaired) electrons. The molecule has 2 rings (SSSR count). The molecule has 110 valence electrons. The summed E-state index contributed by atoms with van der Waals surface area (Å²) >= 11 is 17.8. The molecule has 1 unspecified atom stereocenters. The lowest BCUT2D eigenvalue weighted by Gasteiger charge is -2.35. The van der Waals surface area contributed by atoms with E-state index in [9.17, 15) is 4.79 Å². The molecule has 7 heteroatoms. The number of nitrogens with one attached hydrogen (secondary N) is 1. The van der Waals surface area contributed by atoms with Crippen molar-refractivity contribution in [3.05, 3.63) is 34.9 Å². The van der Waals surface area contributed by atoms with Crippen molar-refractivity contribution in [1.82, 2.24) is 10.2 Å². The van der Waals surface area contributed by atoms with E-state index in [1.54, 1.807) is 24.3 Å². The Kier molecular flexibility index (Phi) is 5.93. The highest BCUT2D eigenvalue weighted by atomic mass is 35.5. The molecular formula is C13H15Cl3N2O2. The van der Waals surface area contributed by atoms with Crippen molar-refractivity contribution < 1.29 is 9.53 Å². The number of benzene rings is 1. The van der Waals surface area contributed by atoms with E-state index in [0.29, 0.717) is 36.9 Å². The van der Waals surface area contributed by atoms with E-state index in [0.717, 1.165) is 0 Å². The highest BCUT2D eigenvalue weighted by Gasteiger charge is 2.28. The van der Waals surface area contributed by atoms with Crippen LogP contribution in [0, 0.1) is 0 Å². The number of nitrogens with zero attached hydrogens (tertiary/aromatic N) is 1. The maximum Gasteiger partial charge on any atom is 0.252 e. The first kappa shape index (κ1) is 15.9. The molecule has 1 aromatic rings. The Balaban J connectivity index is 2.03. The van der Waals surface area contributed by atoms with Crippen LogP contribution in [-0.2, 0) is 4.74 Å². The molecule has 0 bridgehead atoms. The average Bonchev–Trinajstić information content (AvgIpc) is 2.46. The summed E-state index contributed by atoms with van der Waals surface area (Å²) in [6.07, 6.45) is -0.439. The monoisotopic (exact) mass is 336 g/mol. The number of carbonyl (C=O) groups is 1. The lowest BCUT2D eigenvalue weighted by Crippen LogP contribution is -2.55. The molecular weight excluding hydrogens is 323 g/mol. The maximum absolute atomic E-state index is 12.2. The van der Waals surface area contributed by atoms with Gasteiger partial charge in [0.15, 0.2) is 0 Å². The molecule has 1 saturated heterocycles. The van der Waals surface area contributed by atoms with Gasteiger partial charge in [-0.25, -0.2) is 0 Å². The molecule has 1 aliphatic rings. The molecule has 20 heavy (non-hydrogen) atoms. The second kappa shape index (κ2) is 7.48. The molecule has 1 aliphatic heterocycles. The fourth-order valence-corrected chi connectivity index (χ4v) is 2.56. The van der Waals surface area contributed by atoms with E-state index in [1.165, 1.54) is 0 Å².